The Balaban J connectivity index is 1.63. The summed E-state index contributed by atoms with van der Waals surface area (Å²) in [6, 6.07) is 14.3. The number of nitrogens with one attached hydrogen (secondary N) is 1. The smallest absolute Gasteiger partial charge is 0.240 e. The zero-order valence-electron chi connectivity index (χ0n) is 15.8. The highest BCUT2D eigenvalue weighted by molar-refractivity contribution is 7.89. The molecule has 5 nitrogen and oxygen atoms in total. The first-order valence-electron chi connectivity index (χ1n) is 9.29. The molecule has 0 saturated carbocycles. The van der Waals surface area contributed by atoms with Crippen LogP contribution in [0.3, 0.4) is 0 Å². The Hall–Kier alpha value is -1.89. The van der Waals surface area contributed by atoms with E-state index in [4.69, 9.17) is 4.74 Å². The molecular weight excluding hydrogens is 362 g/mol. The maximum Gasteiger partial charge on any atom is 0.240 e. The third kappa shape index (κ3) is 5.09. The lowest BCUT2D eigenvalue weighted by Crippen LogP contribution is -2.46. The molecule has 0 amide bonds. The van der Waals surface area contributed by atoms with E-state index >= 15 is 0 Å². The number of fused-ring (bicyclic) bond motifs is 1. The van der Waals surface area contributed by atoms with Crippen LogP contribution < -0.4 is 9.46 Å². The average molecular weight is 390 g/mol. The standard InChI is InChI=1S/C21H27NO4S/c1-16(2)14-26-19-7-9-20(10-8-19)27(24,25)22-15-21(23)12-11-17-5-3-4-6-18(17)13-21/h3-10,16,22-23H,11-15H2,1-2H3. The molecule has 1 atom stereocenters. The van der Waals surface area contributed by atoms with Gasteiger partial charge < -0.3 is 9.84 Å². The van der Waals surface area contributed by atoms with Gasteiger partial charge in [0.05, 0.1) is 17.1 Å². The molecule has 0 aliphatic heterocycles. The number of benzene rings is 2. The van der Waals surface area contributed by atoms with E-state index in [0.717, 1.165) is 12.0 Å². The molecule has 1 aliphatic carbocycles. The predicted molar refractivity (Wildman–Crippen MR) is 105 cm³/mol. The van der Waals surface area contributed by atoms with Crippen molar-refractivity contribution in [1.29, 1.82) is 0 Å². The van der Waals surface area contributed by atoms with Gasteiger partial charge in [0.2, 0.25) is 10.0 Å². The van der Waals surface area contributed by atoms with E-state index in [9.17, 15) is 13.5 Å². The monoisotopic (exact) mass is 389 g/mol. The summed E-state index contributed by atoms with van der Waals surface area (Å²) in [5.74, 6) is 1.04. The predicted octanol–water partition coefficient (Wildman–Crippen LogP) is 2.92. The van der Waals surface area contributed by atoms with E-state index in [1.807, 2.05) is 18.2 Å². The molecule has 146 valence electrons. The highest BCUT2D eigenvalue weighted by Gasteiger charge is 2.33. The number of hydrogen-bond acceptors (Lipinski definition) is 4. The fourth-order valence-electron chi connectivity index (χ4n) is 3.23. The molecule has 0 saturated heterocycles. The first kappa shape index (κ1) is 19.9. The van der Waals surface area contributed by atoms with Crippen LogP contribution in [0.4, 0.5) is 0 Å². The molecule has 0 heterocycles. The van der Waals surface area contributed by atoms with Crippen LogP contribution in [0.2, 0.25) is 0 Å². The minimum absolute atomic E-state index is 0.00469. The van der Waals surface area contributed by atoms with Gasteiger partial charge in [-0.3, -0.25) is 0 Å². The molecule has 6 heteroatoms. The van der Waals surface area contributed by atoms with E-state index in [0.29, 0.717) is 31.1 Å². The quantitative estimate of drug-likeness (QED) is 0.763. The maximum absolute atomic E-state index is 12.6. The van der Waals surface area contributed by atoms with Crippen molar-refractivity contribution in [2.75, 3.05) is 13.2 Å². The van der Waals surface area contributed by atoms with Gasteiger partial charge in [0.1, 0.15) is 5.75 Å². The molecule has 0 radical (unpaired) electrons. The molecule has 3 rings (SSSR count). The Morgan fingerprint density at radius 2 is 1.78 bits per heavy atom. The van der Waals surface area contributed by atoms with Crippen LogP contribution in [0.5, 0.6) is 5.75 Å². The number of sulfonamides is 1. The van der Waals surface area contributed by atoms with Gasteiger partial charge in [0, 0.05) is 13.0 Å². The Bertz CT molecular complexity index is 877. The van der Waals surface area contributed by atoms with Crippen LogP contribution >= 0.6 is 0 Å². The summed E-state index contributed by atoms with van der Waals surface area (Å²) in [7, 11) is -3.69. The SMILES string of the molecule is CC(C)COc1ccc(S(=O)(=O)NCC2(O)CCc3ccccc3C2)cc1. The Kier molecular flexibility index (Phi) is 5.89. The van der Waals surface area contributed by atoms with E-state index in [1.54, 1.807) is 12.1 Å². The van der Waals surface area contributed by atoms with E-state index in [1.165, 1.54) is 17.7 Å². The van der Waals surface area contributed by atoms with Gasteiger partial charge in [-0.25, -0.2) is 13.1 Å². The largest absolute Gasteiger partial charge is 0.493 e. The number of rotatable bonds is 7. The second-order valence-electron chi connectivity index (χ2n) is 7.67. The summed E-state index contributed by atoms with van der Waals surface area (Å²) in [5.41, 5.74) is 1.24. The number of ether oxygens (including phenoxy) is 1. The Morgan fingerprint density at radius 3 is 2.44 bits per heavy atom. The summed E-state index contributed by atoms with van der Waals surface area (Å²) in [6.07, 6.45) is 1.73. The fraction of sp³-hybridized carbons (Fsp3) is 0.429. The van der Waals surface area contributed by atoms with Crippen molar-refractivity contribution in [3.05, 3.63) is 59.7 Å². The highest BCUT2D eigenvalue weighted by atomic mass is 32.2. The third-order valence-corrected chi connectivity index (χ3v) is 6.22. The van der Waals surface area contributed by atoms with Gasteiger partial charge in [-0.1, -0.05) is 38.1 Å². The Labute approximate surface area is 161 Å². The van der Waals surface area contributed by atoms with Crippen molar-refractivity contribution in [1.82, 2.24) is 4.72 Å². The number of aliphatic hydroxyl groups is 1. The first-order valence-corrected chi connectivity index (χ1v) is 10.8. The molecule has 0 spiro atoms. The molecule has 27 heavy (non-hydrogen) atoms. The third-order valence-electron chi connectivity index (χ3n) is 4.81. The van der Waals surface area contributed by atoms with Gasteiger partial charge in [-0.15, -0.1) is 0 Å². The van der Waals surface area contributed by atoms with Crippen molar-refractivity contribution in [2.24, 2.45) is 5.92 Å². The molecule has 0 fully saturated rings. The van der Waals surface area contributed by atoms with Crippen LogP contribution in [-0.2, 0) is 22.9 Å². The van der Waals surface area contributed by atoms with Crippen molar-refractivity contribution in [3.63, 3.8) is 0 Å². The Morgan fingerprint density at radius 1 is 1.11 bits per heavy atom. The van der Waals surface area contributed by atoms with Crippen molar-refractivity contribution in [2.45, 2.75) is 43.6 Å². The molecule has 2 aromatic carbocycles. The lowest BCUT2D eigenvalue weighted by atomic mass is 9.80. The summed E-state index contributed by atoms with van der Waals surface area (Å²) in [5, 5.41) is 10.8. The second kappa shape index (κ2) is 8.00. The molecule has 1 aliphatic rings. The van der Waals surface area contributed by atoms with Crippen LogP contribution in [0, 0.1) is 5.92 Å². The zero-order chi connectivity index (χ0) is 19.5. The number of aryl methyl sites for hydroxylation is 1. The van der Waals surface area contributed by atoms with Gasteiger partial charge in [0.25, 0.3) is 0 Å². The van der Waals surface area contributed by atoms with Gasteiger partial charge in [0.15, 0.2) is 0 Å². The van der Waals surface area contributed by atoms with E-state index in [-0.39, 0.29) is 11.4 Å². The van der Waals surface area contributed by atoms with Crippen LogP contribution in [-0.4, -0.2) is 32.3 Å². The average Bonchev–Trinajstić information content (AvgIpc) is 2.65. The van der Waals surface area contributed by atoms with E-state index in [2.05, 4.69) is 24.6 Å². The fourth-order valence-corrected chi connectivity index (χ4v) is 4.35. The summed E-state index contributed by atoms with van der Waals surface area (Å²) in [6.45, 7) is 4.68. The minimum Gasteiger partial charge on any atom is -0.493 e. The summed E-state index contributed by atoms with van der Waals surface area (Å²) >= 11 is 0. The van der Waals surface area contributed by atoms with Crippen molar-refractivity contribution >= 4 is 10.0 Å². The number of hydrogen-bond donors (Lipinski definition) is 2. The maximum atomic E-state index is 12.6. The lowest BCUT2D eigenvalue weighted by Gasteiger charge is -2.33. The molecule has 1 unspecified atom stereocenters. The second-order valence-corrected chi connectivity index (χ2v) is 9.44. The highest BCUT2D eigenvalue weighted by Crippen LogP contribution is 2.28. The van der Waals surface area contributed by atoms with Crippen LogP contribution in [0.1, 0.15) is 31.4 Å². The topological polar surface area (TPSA) is 75.6 Å². The molecule has 0 bridgehead atoms. The van der Waals surface area contributed by atoms with Crippen LogP contribution in [0.25, 0.3) is 0 Å². The summed E-state index contributed by atoms with van der Waals surface area (Å²) in [4.78, 5) is 0.166. The van der Waals surface area contributed by atoms with Crippen LogP contribution in [0.15, 0.2) is 53.4 Å². The zero-order valence-corrected chi connectivity index (χ0v) is 16.6. The lowest BCUT2D eigenvalue weighted by molar-refractivity contribution is 0.0317. The molecule has 2 N–H and O–H groups in total. The van der Waals surface area contributed by atoms with Crippen molar-refractivity contribution in [3.8, 4) is 5.75 Å². The summed E-state index contributed by atoms with van der Waals surface area (Å²) < 4.78 is 33.3. The van der Waals surface area contributed by atoms with E-state index < -0.39 is 15.6 Å². The first-order chi connectivity index (χ1) is 12.8. The normalized spacial score (nSPS) is 19.7. The van der Waals surface area contributed by atoms with Gasteiger partial charge in [-0.05, 0) is 54.2 Å². The van der Waals surface area contributed by atoms with Gasteiger partial charge >= 0.3 is 0 Å². The van der Waals surface area contributed by atoms with Crippen molar-refractivity contribution < 1.29 is 18.3 Å². The minimum atomic E-state index is -3.69. The van der Waals surface area contributed by atoms with Gasteiger partial charge in [-0.2, -0.15) is 0 Å². The molecule has 0 aromatic heterocycles. The molecular formula is C21H27NO4S. The molecule has 2 aromatic rings.